The Labute approximate surface area is 207 Å². The molecular weight excluding hydrogens is 539 g/mol. The summed E-state index contributed by atoms with van der Waals surface area (Å²) in [6, 6.07) is 15.1. The molecule has 0 aliphatic heterocycles. The third kappa shape index (κ3) is 7.35. The van der Waals surface area contributed by atoms with E-state index in [1.165, 1.54) is 12.8 Å². The Morgan fingerprint density at radius 2 is 1.69 bits per heavy atom. The third-order valence-electron chi connectivity index (χ3n) is 5.41. The summed E-state index contributed by atoms with van der Waals surface area (Å²) in [6.07, 6.45) is 4.37. The summed E-state index contributed by atoms with van der Waals surface area (Å²) in [5.74, 6) is 2.29. The van der Waals surface area contributed by atoms with E-state index in [1.807, 2.05) is 30.3 Å². The number of halogens is 1. The van der Waals surface area contributed by atoms with E-state index < -0.39 is 10.0 Å². The molecule has 0 aromatic heterocycles. The fourth-order valence-electron chi connectivity index (χ4n) is 3.14. The van der Waals surface area contributed by atoms with Gasteiger partial charge < -0.3 is 15.4 Å². The van der Waals surface area contributed by atoms with E-state index in [-0.39, 0.29) is 30.0 Å². The lowest BCUT2D eigenvalue weighted by atomic mass is 10.2. The molecule has 2 saturated carbocycles. The smallest absolute Gasteiger partial charge is 0.240 e. The van der Waals surface area contributed by atoms with E-state index in [0.29, 0.717) is 29.9 Å². The van der Waals surface area contributed by atoms with Gasteiger partial charge in [-0.1, -0.05) is 30.3 Å². The summed E-state index contributed by atoms with van der Waals surface area (Å²) < 4.78 is 33.2. The summed E-state index contributed by atoms with van der Waals surface area (Å²) in [4.78, 5) is 4.58. The molecule has 2 aromatic rings. The second kappa shape index (κ2) is 11.3. The first-order chi connectivity index (χ1) is 15.0. The van der Waals surface area contributed by atoms with Crippen molar-refractivity contribution >= 4 is 40.0 Å². The first-order valence-electron chi connectivity index (χ1n) is 10.8. The van der Waals surface area contributed by atoms with Gasteiger partial charge in [0.05, 0.1) is 11.5 Å². The Bertz CT molecular complexity index is 1020. The van der Waals surface area contributed by atoms with Gasteiger partial charge in [-0.2, -0.15) is 0 Å². The van der Waals surface area contributed by atoms with Crippen LogP contribution in [0.3, 0.4) is 0 Å². The van der Waals surface area contributed by atoms with Crippen molar-refractivity contribution in [3.8, 4) is 5.75 Å². The molecule has 0 unspecified atom stereocenters. The highest BCUT2D eigenvalue weighted by molar-refractivity contribution is 14.0. The van der Waals surface area contributed by atoms with Crippen LogP contribution in [0.5, 0.6) is 5.75 Å². The van der Waals surface area contributed by atoms with E-state index in [0.717, 1.165) is 36.3 Å². The quantitative estimate of drug-likeness (QED) is 0.232. The van der Waals surface area contributed by atoms with Gasteiger partial charge in [-0.3, -0.25) is 4.99 Å². The number of ether oxygens (including phenoxy) is 1. The van der Waals surface area contributed by atoms with Gasteiger partial charge in [-0.05, 0) is 55.4 Å². The van der Waals surface area contributed by atoms with Crippen LogP contribution in [0.1, 0.15) is 36.8 Å². The van der Waals surface area contributed by atoms with Crippen molar-refractivity contribution in [2.45, 2.75) is 49.7 Å². The predicted molar refractivity (Wildman–Crippen MR) is 137 cm³/mol. The first kappa shape index (κ1) is 24.8. The molecule has 7 nitrogen and oxygen atoms in total. The monoisotopic (exact) mass is 570 g/mol. The molecule has 9 heteroatoms. The molecule has 0 heterocycles. The third-order valence-corrected chi connectivity index (χ3v) is 6.94. The summed E-state index contributed by atoms with van der Waals surface area (Å²) >= 11 is 0. The largest absolute Gasteiger partial charge is 0.493 e. The fraction of sp³-hybridized carbons (Fsp3) is 0.435. The van der Waals surface area contributed by atoms with Gasteiger partial charge in [0, 0.05) is 31.7 Å². The van der Waals surface area contributed by atoms with E-state index in [2.05, 4.69) is 26.4 Å². The molecule has 2 aliphatic rings. The number of nitrogens with zero attached hydrogens (tertiary/aromatic N) is 1. The number of guanidine groups is 1. The van der Waals surface area contributed by atoms with Crippen molar-refractivity contribution in [2.24, 2.45) is 10.9 Å². The average Bonchev–Trinajstić information content (AvgIpc) is 3.70. The molecule has 2 aromatic carbocycles. The Kier molecular flexibility index (Phi) is 8.78. The Hall–Kier alpha value is -1.85. The van der Waals surface area contributed by atoms with Crippen molar-refractivity contribution < 1.29 is 13.2 Å². The number of benzene rings is 2. The maximum Gasteiger partial charge on any atom is 0.240 e. The minimum atomic E-state index is -3.42. The zero-order chi connectivity index (χ0) is 21.7. The summed E-state index contributed by atoms with van der Waals surface area (Å²) in [5.41, 5.74) is 2.06. The zero-order valence-corrected chi connectivity index (χ0v) is 21.4. The maximum absolute atomic E-state index is 12.3. The lowest BCUT2D eigenvalue weighted by molar-refractivity contribution is 0.296. The van der Waals surface area contributed by atoms with E-state index in [1.54, 1.807) is 19.2 Å². The Balaban J connectivity index is 0.00000289. The molecule has 4 rings (SSSR count). The fourth-order valence-corrected chi connectivity index (χ4v) is 4.45. The highest BCUT2D eigenvalue weighted by atomic mass is 127. The highest BCUT2D eigenvalue weighted by Crippen LogP contribution is 2.30. The number of hydrogen-bond acceptors (Lipinski definition) is 4. The van der Waals surface area contributed by atoms with Crippen LogP contribution in [-0.4, -0.2) is 34.1 Å². The zero-order valence-electron chi connectivity index (χ0n) is 18.2. The van der Waals surface area contributed by atoms with E-state index in [4.69, 9.17) is 4.74 Å². The minimum absolute atomic E-state index is 0. The molecule has 0 atom stereocenters. The van der Waals surface area contributed by atoms with Crippen molar-refractivity contribution in [2.75, 3.05) is 13.7 Å². The second-order valence-electron chi connectivity index (χ2n) is 8.18. The summed E-state index contributed by atoms with van der Waals surface area (Å²) in [5, 5.41) is 6.59. The van der Waals surface area contributed by atoms with Gasteiger partial charge in [-0.15, -0.1) is 24.0 Å². The maximum atomic E-state index is 12.3. The molecule has 0 saturated heterocycles. The van der Waals surface area contributed by atoms with Crippen LogP contribution >= 0.6 is 24.0 Å². The van der Waals surface area contributed by atoms with Gasteiger partial charge >= 0.3 is 0 Å². The van der Waals surface area contributed by atoms with Crippen LogP contribution in [0.4, 0.5) is 0 Å². The van der Waals surface area contributed by atoms with Crippen LogP contribution in [0, 0.1) is 5.92 Å². The predicted octanol–water partition coefficient (Wildman–Crippen LogP) is 3.40. The molecule has 3 N–H and O–H groups in total. The summed E-state index contributed by atoms with van der Waals surface area (Å²) in [7, 11) is -1.69. The van der Waals surface area contributed by atoms with Gasteiger partial charge in [-0.25, -0.2) is 13.1 Å². The number of nitrogens with one attached hydrogen (secondary N) is 3. The SMILES string of the molecule is CN=C(NCc1ccc(S(=O)(=O)NC2CC2)cc1)NCc1ccccc1OCC1CC1.I. The van der Waals surface area contributed by atoms with Crippen LogP contribution in [0.15, 0.2) is 58.4 Å². The van der Waals surface area contributed by atoms with Gasteiger partial charge in [0.2, 0.25) is 10.0 Å². The number of hydrogen-bond donors (Lipinski definition) is 3. The first-order valence-corrected chi connectivity index (χ1v) is 12.3. The molecule has 0 amide bonds. The minimum Gasteiger partial charge on any atom is -0.493 e. The van der Waals surface area contributed by atoms with Gasteiger partial charge in [0.25, 0.3) is 0 Å². The topological polar surface area (TPSA) is 91.8 Å². The Morgan fingerprint density at radius 1 is 1.00 bits per heavy atom. The molecule has 0 spiro atoms. The van der Waals surface area contributed by atoms with E-state index >= 15 is 0 Å². The second-order valence-corrected chi connectivity index (χ2v) is 9.89. The lowest BCUT2D eigenvalue weighted by Crippen LogP contribution is -2.36. The molecule has 32 heavy (non-hydrogen) atoms. The molecule has 174 valence electrons. The van der Waals surface area contributed by atoms with Crippen LogP contribution in [0.2, 0.25) is 0 Å². The molecule has 0 radical (unpaired) electrons. The Morgan fingerprint density at radius 3 is 2.34 bits per heavy atom. The normalized spacial score (nSPS) is 16.2. The van der Waals surface area contributed by atoms with Crippen molar-refractivity contribution in [3.63, 3.8) is 0 Å². The molecule has 0 bridgehead atoms. The lowest BCUT2D eigenvalue weighted by Gasteiger charge is -2.15. The standard InChI is InChI=1S/C23H30N4O3S.HI/c1-24-23(26-15-19-4-2-3-5-22(19)30-16-18-6-7-18)25-14-17-8-12-21(13-9-17)31(28,29)27-20-10-11-20;/h2-5,8-9,12-13,18,20,27H,6-7,10-11,14-16H2,1H3,(H2,24,25,26);1H. The number of sulfonamides is 1. The summed E-state index contributed by atoms with van der Waals surface area (Å²) in [6.45, 7) is 1.92. The van der Waals surface area contributed by atoms with Crippen molar-refractivity contribution in [1.82, 2.24) is 15.4 Å². The number of rotatable bonds is 10. The van der Waals surface area contributed by atoms with Gasteiger partial charge in [0.1, 0.15) is 5.75 Å². The molecular formula is C23H31IN4O3S. The van der Waals surface area contributed by atoms with Crippen LogP contribution in [0.25, 0.3) is 0 Å². The van der Waals surface area contributed by atoms with Crippen LogP contribution in [-0.2, 0) is 23.1 Å². The number of aliphatic imine (C=N–C) groups is 1. The van der Waals surface area contributed by atoms with Crippen molar-refractivity contribution in [1.29, 1.82) is 0 Å². The molecule has 2 fully saturated rings. The van der Waals surface area contributed by atoms with Crippen LogP contribution < -0.4 is 20.1 Å². The highest BCUT2D eigenvalue weighted by Gasteiger charge is 2.27. The number of para-hydroxylation sites is 1. The molecule has 2 aliphatic carbocycles. The van der Waals surface area contributed by atoms with Gasteiger partial charge in [0.15, 0.2) is 5.96 Å². The van der Waals surface area contributed by atoms with Crippen molar-refractivity contribution in [3.05, 3.63) is 59.7 Å². The van der Waals surface area contributed by atoms with E-state index in [9.17, 15) is 8.42 Å². The average molecular weight is 570 g/mol.